The van der Waals surface area contributed by atoms with Gasteiger partial charge in [-0.25, -0.2) is 0 Å². The van der Waals surface area contributed by atoms with Gasteiger partial charge in [-0.2, -0.15) is 0 Å². The molecule has 0 saturated carbocycles. The predicted molar refractivity (Wildman–Crippen MR) is 95.9 cm³/mol. The van der Waals surface area contributed by atoms with Crippen LogP contribution in [0.5, 0.6) is 0 Å². The van der Waals surface area contributed by atoms with E-state index in [1.807, 2.05) is 20.8 Å². The average Bonchev–Trinajstić information content (AvgIpc) is 2.54. The Kier molecular flexibility index (Phi) is 5.32. The Labute approximate surface area is 146 Å². The molecule has 1 heterocycles. The summed E-state index contributed by atoms with van der Waals surface area (Å²) < 4.78 is 0. The number of anilines is 1. The summed E-state index contributed by atoms with van der Waals surface area (Å²) in [6.07, 6.45) is 2.81. The van der Waals surface area contributed by atoms with Crippen molar-refractivity contribution in [2.24, 2.45) is 0 Å². The van der Waals surface area contributed by atoms with Crippen LogP contribution in [0, 0.1) is 0 Å². The number of carbonyl (C=O) groups is 3. The van der Waals surface area contributed by atoms with Crippen molar-refractivity contribution in [2.45, 2.75) is 33.2 Å². The number of nitrogens with zero attached hydrogens (tertiary/aromatic N) is 1. The first-order valence-corrected chi connectivity index (χ1v) is 7.85. The first-order valence-electron chi connectivity index (χ1n) is 7.85. The summed E-state index contributed by atoms with van der Waals surface area (Å²) in [6.45, 7) is 7.10. The lowest BCUT2D eigenvalue weighted by atomic mass is 10.1. The number of hydrogen-bond acceptors (Lipinski definition) is 4. The molecule has 2 rings (SSSR count). The number of rotatable bonds is 4. The summed E-state index contributed by atoms with van der Waals surface area (Å²) in [5.41, 5.74) is 1.33. The number of amides is 2. The molecule has 0 aliphatic rings. The summed E-state index contributed by atoms with van der Waals surface area (Å²) >= 11 is 0. The molecule has 0 radical (unpaired) electrons. The normalized spacial score (nSPS) is 10.9. The highest BCUT2D eigenvalue weighted by molar-refractivity contribution is 6.06. The van der Waals surface area contributed by atoms with E-state index in [0.29, 0.717) is 16.8 Å². The fourth-order valence-electron chi connectivity index (χ4n) is 2.09. The summed E-state index contributed by atoms with van der Waals surface area (Å²) in [6, 6.07) is 8.08. The summed E-state index contributed by atoms with van der Waals surface area (Å²) in [7, 11) is 0. The highest BCUT2D eigenvalue weighted by Gasteiger charge is 2.17. The summed E-state index contributed by atoms with van der Waals surface area (Å²) in [4.78, 5) is 39.8. The molecule has 0 unspecified atom stereocenters. The highest BCUT2D eigenvalue weighted by Crippen LogP contribution is 2.13. The second-order valence-corrected chi connectivity index (χ2v) is 6.75. The standard InChI is InChI=1S/C19H21N3O3/c1-12(23)13-5-7-16(8-6-13)21-17(24)14-9-15(11-20-10-14)18(25)22-19(2,3)4/h5-11H,1-4H3,(H,21,24)(H,22,25). The molecule has 2 N–H and O–H groups in total. The summed E-state index contributed by atoms with van der Waals surface area (Å²) in [5.74, 6) is -0.714. The van der Waals surface area contributed by atoms with Crippen LogP contribution in [0.4, 0.5) is 5.69 Å². The average molecular weight is 339 g/mol. The van der Waals surface area contributed by atoms with Gasteiger partial charge in [0.1, 0.15) is 0 Å². The van der Waals surface area contributed by atoms with E-state index in [4.69, 9.17) is 0 Å². The van der Waals surface area contributed by atoms with Crippen LogP contribution in [-0.4, -0.2) is 28.1 Å². The lowest BCUT2D eigenvalue weighted by molar-refractivity contribution is 0.0918. The molecule has 0 aliphatic carbocycles. The number of aromatic nitrogens is 1. The number of carbonyl (C=O) groups excluding carboxylic acids is 3. The van der Waals surface area contributed by atoms with Gasteiger partial charge in [0.05, 0.1) is 11.1 Å². The van der Waals surface area contributed by atoms with E-state index in [1.165, 1.54) is 25.4 Å². The Hall–Kier alpha value is -3.02. The fraction of sp³-hybridized carbons (Fsp3) is 0.263. The smallest absolute Gasteiger partial charge is 0.257 e. The molecule has 6 heteroatoms. The van der Waals surface area contributed by atoms with Crippen molar-refractivity contribution in [3.8, 4) is 0 Å². The fourth-order valence-corrected chi connectivity index (χ4v) is 2.09. The topological polar surface area (TPSA) is 88.2 Å². The number of nitrogens with one attached hydrogen (secondary N) is 2. The molecule has 25 heavy (non-hydrogen) atoms. The van der Waals surface area contributed by atoms with Crippen LogP contribution in [0.2, 0.25) is 0 Å². The highest BCUT2D eigenvalue weighted by atomic mass is 16.2. The molecule has 0 atom stereocenters. The molecule has 2 amide bonds. The van der Waals surface area contributed by atoms with Gasteiger partial charge in [0.15, 0.2) is 5.78 Å². The van der Waals surface area contributed by atoms with Gasteiger partial charge in [0, 0.05) is 29.2 Å². The maximum atomic E-state index is 12.3. The Balaban J connectivity index is 2.13. The van der Waals surface area contributed by atoms with Gasteiger partial charge in [-0.1, -0.05) is 0 Å². The van der Waals surface area contributed by atoms with E-state index in [2.05, 4.69) is 15.6 Å². The van der Waals surface area contributed by atoms with Gasteiger partial charge in [-0.05, 0) is 58.0 Å². The van der Waals surface area contributed by atoms with Crippen molar-refractivity contribution in [3.63, 3.8) is 0 Å². The quantitative estimate of drug-likeness (QED) is 0.838. The van der Waals surface area contributed by atoms with Crippen LogP contribution in [0.25, 0.3) is 0 Å². The van der Waals surface area contributed by atoms with E-state index in [9.17, 15) is 14.4 Å². The number of ketones is 1. The number of Topliss-reactive ketones (excluding diaryl/α,β-unsaturated/α-hetero) is 1. The van der Waals surface area contributed by atoms with Gasteiger partial charge < -0.3 is 10.6 Å². The van der Waals surface area contributed by atoms with Crippen LogP contribution in [-0.2, 0) is 0 Å². The molecule has 0 saturated heterocycles. The second-order valence-electron chi connectivity index (χ2n) is 6.75. The second kappa shape index (κ2) is 7.25. The lowest BCUT2D eigenvalue weighted by Gasteiger charge is -2.20. The van der Waals surface area contributed by atoms with Crippen LogP contribution >= 0.6 is 0 Å². The monoisotopic (exact) mass is 339 g/mol. The maximum Gasteiger partial charge on any atom is 0.257 e. The van der Waals surface area contributed by atoms with Gasteiger partial charge in [-0.3, -0.25) is 19.4 Å². The maximum absolute atomic E-state index is 12.3. The number of benzene rings is 1. The molecular weight excluding hydrogens is 318 g/mol. The van der Waals surface area contributed by atoms with E-state index < -0.39 is 0 Å². The van der Waals surface area contributed by atoms with Gasteiger partial charge in [0.25, 0.3) is 11.8 Å². The van der Waals surface area contributed by atoms with Gasteiger partial charge in [-0.15, -0.1) is 0 Å². The van der Waals surface area contributed by atoms with E-state index in [-0.39, 0.29) is 28.7 Å². The molecule has 0 spiro atoms. The zero-order valence-electron chi connectivity index (χ0n) is 14.7. The van der Waals surface area contributed by atoms with Crippen LogP contribution in [0.3, 0.4) is 0 Å². The Morgan fingerprint density at radius 3 is 1.96 bits per heavy atom. The largest absolute Gasteiger partial charge is 0.347 e. The predicted octanol–water partition coefficient (Wildman–Crippen LogP) is 3.06. The molecule has 1 aromatic carbocycles. The first-order chi connectivity index (χ1) is 11.7. The third-order valence-corrected chi connectivity index (χ3v) is 3.30. The molecular formula is C19H21N3O3. The number of pyridine rings is 1. The molecule has 0 aliphatic heterocycles. The Bertz CT molecular complexity index is 805. The van der Waals surface area contributed by atoms with Crippen LogP contribution in [0.15, 0.2) is 42.7 Å². The van der Waals surface area contributed by atoms with Gasteiger partial charge >= 0.3 is 0 Å². The molecule has 130 valence electrons. The van der Waals surface area contributed by atoms with E-state index in [1.54, 1.807) is 24.3 Å². The van der Waals surface area contributed by atoms with Crippen molar-refractivity contribution < 1.29 is 14.4 Å². The zero-order valence-corrected chi connectivity index (χ0v) is 14.7. The SMILES string of the molecule is CC(=O)c1ccc(NC(=O)c2cncc(C(=O)NC(C)(C)C)c2)cc1. The van der Waals surface area contributed by atoms with Crippen molar-refractivity contribution in [1.82, 2.24) is 10.3 Å². The molecule has 0 fully saturated rings. The molecule has 6 nitrogen and oxygen atoms in total. The third-order valence-electron chi connectivity index (χ3n) is 3.30. The molecule has 0 bridgehead atoms. The van der Waals surface area contributed by atoms with Crippen molar-refractivity contribution in [1.29, 1.82) is 0 Å². The minimum Gasteiger partial charge on any atom is -0.347 e. The van der Waals surface area contributed by atoms with Crippen molar-refractivity contribution >= 4 is 23.3 Å². The van der Waals surface area contributed by atoms with Crippen LogP contribution < -0.4 is 10.6 Å². The zero-order chi connectivity index (χ0) is 18.6. The van der Waals surface area contributed by atoms with Crippen LogP contribution in [0.1, 0.15) is 58.8 Å². The third kappa shape index (κ3) is 5.24. The van der Waals surface area contributed by atoms with Crippen molar-refractivity contribution in [3.05, 3.63) is 59.4 Å². The molecule has 1 aromatic heterocycles. The lowest BCUT2D eigenvalue weighted by Crippen LogP contribution is -2.40. The summed E-state index contributed by atoms with van der Waals surface area (Å²) in [5, 5.41) is 5.54. The van der Waals surface area contributed by atoms with E-state index >= 15 is 0 Å². The van der Waals surface area contributed by atoms with E-state index in [0.717, 1.165) is 0 Å². The number of hydrogen-bond donors (Lipinski definition) is 2. The first kappa shape index (κ1) is 18.3. The molecule has 2 aromatic rings. The Morgan fingerprint density at radius 2 is 1.44 bits per heavy atom. The Morgan fingerprint density at radius 1 is 0.880 bits per heavy atom. The minimum atomic E-state index is -0.381. The minimum absolute atomic E-state index is 0.0420. The van der Waals surface area contributed by atoms with Crippen molar-refractivity contribution in [2.75, 3.05) is 5.32 Å². The van der Waals surface area contributed by atoms with Gasteiger partial charge in [0.2, 0.25) is 0 Å².